The summed E-state index contributed by atoms with van der Waals surface area (Å²) < 4.78 is 30.2. The van der Waals surface area contributed by atoms with Crippen LogP contribution in [0.25, 0.3) is 0 Å². The number of hydrogen-bond acceptors (Lipinski definition) is 3. The first kappa shape index (κ1) is 15.9. The number of aliphatic hydroxyl groups excluding tert-OH is 1. The van der Waals surface area contributed by atoms with E-state index >= 15 is 0 Å². The van der Waals surface area contributed by atoms with Crippen molar-refractivity contribution >= 4 is 7.37 Å². The molecule has 2 atom stereocenters. The molecule has 0 heterocycles. The molecule has 1 rings (SSSR count). The molecule has 1 aromatic carbocycles. The minimum Gasteiger partial charge on any atom is -0.377 e. The lowest BCUT2D eigenvalue weighted by atomic mass is 9.99. The summed E-state index contributed by atoms with van der Waals surface area (Å²) >= 11 is 0. The van der Waals surface area contributed by atoms with Gasteiger partial charge in [-0.1, -0.05) is 18.1 Å². The lowest BCUT2D eigenvalue weighted by molar-refractivity contribution is 0.229. The van der Waals surface area contributed by atoms with Gasteiger partial charge in [0.05, 0.1) is 0 Å². The van der Waals surface area contributed by atoms with Crippen LogP contribution in [0.2, 0.25) is 0 Å². The summed E-state index contributed by atoms with van der Waals surface area (Å²) in [6, 6.07) is 5.11. The van der Waals surface area contributed by atoms with Gasteiger partial charge in [-0.3, -0.25) is 4.57 Å². The predicted octanol–water partition coefficient (Wildman–Crippen LogP) is 3.75. The van der Waals surface area contributed by atoms with Crippen LogP contribution >= 0.6 is 7.37 Å². The number of aliphatic hydroxyl groups is 1. The summed E-state index contributed by atoms with van der Waals surface area (Å²) in [4.78, 5) is 0. The van der Waals surface area contributed by atoms with E-state index < -0.39 is 19.0 Å². The maximum Gasteiger partial charge on any atom is 0.305 e. The Morgan fingerprint density at radius 1 is 1.32 bits per heavy atom. The largest absolute Gasteiger partial charge is 0.377 e. The smallest absolute Gasteiger partial charge is 0.305 e. The third-order valence-corrected chi connectivity index (χ3v) is 4.26. The van der Waals surface area contributed by atoms with Crippen LogP contribution < -0.4 is 0 Å². The fourth-order valence-electron chi connectivity index (χ4n) is 1.28. The lowest BCUT2D eigenvalue weighted by Gasteiger charge is -2.18. The standard InChI is InChI=1S/C14H18FO3P/c1-14(2,3)9-10-19(17,18-4)13(16)11-5-7-12(15)8-6-11/h5-8,13,16H,1-4H3/t13-,19-/m1/s1. The zero-order chi connectivity index (χ0) is 14.7. The van der Waals surface area contributed by atoms with E-state index in [9.17, 15) is 14.1 Å². The summed E-state index contributed by atoms with van der Waals surface area (Å²) in [6.07, 6.45) is 0. The van der Waals surface area contributed by atoms with E-state index in [-0.39, 0.29) is 5.41 Å². The van der Waals surface area contributed by atoms with Crippen LogP contribution in [0.15, 0.2) is 24.3 Å². The monoisotopic (exact) mass is 284 g/mol. The summed E-state index contributed by atoms with van der Waals surface area (Å²) in [6.45, 7) is 5.60. The molecule has 0 bridgehead atoms. The zero-order valence-electron chi connectivity index (χ0n) is 11.5. The van der Waals surface area contributed by atoms with Gasteiger partial charge in [0.1, 0.15) is 5.82 Å². The van der Waals surface area contributed by atoms with Crippen molar-refractivity contribution in [3.63, 3.8) is 0 Å². The van der Waals surface area contributed by atoms with Crippen molar-refractivity contribution in [2.75, 3.05) is 7.11 Å². The van der Waals surface area contributed by atoms with E-state index in [4.69, 9.17) is 4.52 Å². The van der Waals surface area contributed by atoms with Gasteiger partial charge in [0.2, 0.25) is 0 Å². The molecule has 0 saturated heterocycles. The molecule has 0 amide bonds. The highest BCUT2D eigenvalue weighted by Crippen LogP contribution is 2.57. The minimum atomic E-state index is -3.55. The molecule has 104 valence electrons. The van der Waals surface area contributed by atoms with Crippen LogP contribution in [-0.4, -0.2) is 12.2 Å². The summed E-state index contributed by atoms with van der Waals surface area (Å²) in [5.41, 5.74) is 2.50. The van der Waals surface area contributed by atoms with Gasteiger partial charge in [0, 0.05) is 12.5 Å². The Balaban J connectivity index is 3.11. The highest BCUT2D eigenvalue weighted by atomic mass is 31.2. The second-order valence-electron chi connectivity index (χ2n) is 5.19. The molecule has 0 radical (unpaired) electrons. The lowest BCUT2D eigenvalue weighted by Crippen LogP contribution is -2.03. The Morgan fingerprint density at radius 3 is 2.26 bits per heavy atom. The Bertz CT molecular complexity index is 535. The van der Waals surface area contributed by atoms with Crippen LogP contribution in [0.3, 0.4) is 0 Å². The topological polar surface area (TPSA) is 46.5 Å². The molecule has 5 heteroatoms. The van der Waals surface area contributed by atoms with Gasteiger partial charge in [0.15, 0.2) is 5.85 Å². The molecule has 0 fully saturated rings. The van der Waals surface area contributed by atoms with Gasteiger partial charge >= 0.3 is 7.37 Å². The molecular formula is C14H18FO3P. The molecule has 3 nitrogen and oxygen atoms in total. The fourth-order valence-corrected chi connectivity index (χ4v) is 2.75. The maximum absolute atomic E-state index is 12.8. The quantitative estimate of drug-likeness (QED) is 0.679. The molecular weight excluding hydrogens is 266 g/mol. The van der Waals surface area contributed by atoms with Gasteiger partial charge in [-0.05, 0) is 44.1 Å². The van der Waals surface area contributed by atoms with E-state index in [0.29, 0.717) is 5.56 Å². The van der Waals surface area contributed by atoms with Gasteiger partial charge in [-0.2, -0.15) is 0 Å². The van der Waals surface area contributed by atoms with Crippen molar-refractivity contribution < 1.29 is 18.6 Å². The molecule has 0 unspecified atom stereocenters. The van der Waals surface area contributed by atoms with Crippen LogP contribution in [0.5, 0.6) is 0 Å². The molecule has 0 aliphatic carbocycles. The van der Waals surface area contributed by atoms with Crippen LogP contribution in [0, 0.1) is 22.8 Å². The highest BCUT2D eigenvalue weighted by Gasteiger charge is 2.31. The van der Waals surface area contributed by atoms with Gasteiger partial charge in [-0.25, -0.2) is 4.39 Å². The molecule has 19 heavy (non-hydrogen) atoms. The third kappa shape index (κ3) is 4.47. The Kier molecular flexibility index (Phi) is 4.92. The van der Waals surface area contributed by atoms with E-state index in [1.807, 2.05) is 20.8 Å². The number of benzene rings is 1. The minimum absolute atomic E-state index is 0.315. The van der Waals surface area contributed by atoms with E-state index in [1.165, 1.54) is 31.4 Å². The van der Waals surface area contributed by atoms with Gasteiger partial charge in [0.25, 0.3) is 0 Å². The zero-order valence-corrected chi connectivity index (χ0v) is 12.4. The molecule has 1 N–H and O–H groups in total. The van der Waals surface area contributed by atoms with Crippen molar-refractivity contribution in [2.24, 2.45) is 5.41 Å². The fraction of sp³-hybridized carbons (Fsp3) is 0.429. The predicted molar refractivity (Wildman–Crippen MR) is 73.2 cm³/mol. The Morgan fingerprint density at radius 2 is 1.84 bits per heavy atom. The Labute approximate surface area is 113 Å². The van der Waals surface area contributed by atoms with Crippen molar-refractivity contribution in [1.82, 2.24) is 0 Å². The molecule has 0 spiro atoms. The molecule has 0 aliphatic rings. The van der Waals surface area contributed by atoms with Crippen molar-refractivity contribution in [2.45, 2.75) is 26.6 Å². The SMILES string of the molecule is CO[P@](=O)(C#CC(C)(C)C)[C@@H](O)c1ccc(F)cc1. The Hall–Kier alpha value is -1.14. The molecule has 0 saturated carbocycles. The van der Waals surface area contributed by atoms with Crippen LogP contribution in [0.1, 0.15) is 32.2 Å². The van der Waals surface area contributed by atoms with E-state index in [1.54, 1.807) is 0 Å². The van der Waals surface area contributed by atoms with Crippen LogP contribution in [-0.2, 0) is 9.09 Å². The van der Waals surface area contributed by atoms with Crippen LogP contribution in [0.4, 0.5) is 4.39 Å². The molecule has 0 aromatic heterocycles. The second kappa shape index (κ2) is 5.88. The van der Waals surface area contributed by atoms with Crippen molar-refractivity contribution in [3.8, 4) is 11.6 Å². The average molecular weight is 284 g/mol. The second-order valence-corrected chi connectivity index (χ2v) is 7.46. The van der Waals surface area contributed by atoms with E-state index in [0.717, 1.165) is 0 Å². The highest BCUT2D eigenvalue weighted by molar-refractivity contribution is 7.64. The molecule has 1 aromatic rings. The first-order valence-electron chi connectivity index (χ1n) is 5.81. The van der Waals surface area contributed by atoms with E-state index in [2.05, 4.69) is 11.6 Å². The third-order valence-electron chi connectivity index (χ3n) is 2.35. The first-order valence-corrected chi connectivity index (χ1v) is 7.51. The van der Waals surface area contributed by atoms with Crippen molar-refractivity contribution in [3.05, 3.63) is 35.6 Å². The summed E-state index contributed by atoms with van der Waals surface area (Å²) in [5.74, 6) is 0.995. The van der Waals surface area contributed by atoms with Gasteiger partial charge in [-0.15, -0.1) is 0 Å². The summed E-state index contributed by atoms with van der Waals surface area (Å²) in [5, 5.41) is 10.1. The number of rotatable bonds is 3. The summed E-state index contributed by atoms with van der Waals surface area (Å²) in [7, 11) is -2.31. The van der Waals surface area contributed by atoms with Crippen molar-refractivity contribution in [1.29, 1.82) is 0 Å². The van der Waals surface area contributed by atoms with Gasteiger partial charge < -0.3 is 9.63 Å². The normalized spacial score (nSPS) is 16.1. The average Bonchev–Trinajstić information content (AvgIpc) is 2.35. The number of hydrogen-bond donors (Lipinski definition) is 1. The number of halogens is 1. The molecule has 0 aliphatic heterocycles. The maximum atomic E-state index is 12.8. The first-order chi connectivity index (χ1) is 8.68.